The fourth-order valence-corrected chi connectivity index (χ4v) is 1.18. The molecular formula is C6H8N4OS. The molecule has 12 heavy (non-hydrogen) atoms. The van der Waals surface area contributed by atoms with Crippen LogP contribution in [0.3, 0.4) is 0 Å². The Bertz CT molecular complexity index is 293. The molecule has 0 unspecified atom stereocenters. The van der Waals surface area contributed by atoms with Gasteiger partial charge >= 0.3 is 6.03 Å². The van der Waals surface area contributed by atoms with Crippen LogP contribution in [0.25, 0.3) is 0 Å². The summed E-state index contributed by atoms with van der Waals surface area (Å²) >= 11 is 1.45. The molecule has 1 aromatic heterocycles. The zero-order chi connectivity index (χ0) is 8.97. The highest BCUT2D eigenvalue weighted by Gasteiger charge is 1.99. The molecule has 5 nitrogen and oxygen atoms in total. The molecule has 1 rings (SSSR count). The van der Waals surface area contributed by atoms with E-state index in [1.54, 1.807) is 13.1 Å². The second-order valence-corrected chi connectivity index (χ2v) is 2.91. The zero-order valence-corrected chi connectivity index (χ0v) is 7.26. The Balaban J connectivity index is 2.65. The van der Waals surface area contributed by atoms with Gasteiger partial charge in [0.05, 0.1) is 5.71 Å². The molecule has 0 spiro atoms. The van der Waals surface area contributed by atoms with Crippen molar-refractivity contribution >= 4 is 23.1 Å². The van der Waals surface area contributed by atoms with Gasteiger partial charge in [-0.1, -0.05) is 0 Å². The maximum atomic E-state index is 10.3. The molecular weight excluding hydrogens is 176 g/mol. The summed E-state index contributed by atoms with van der Waals surface area (Å²) in [6.07, 6.45) is 1.67. The van der Waals surface area contributed by atoms with Crippen LogP contribution in [0, 0.1) is 0 Å². The van der Waals surface area contributed by atoms with Crippen LogP contribution in [-0.2, 0) is 0 Å². The van der Waals surface area contributed by atoms with Crippen molar-refractivity contribution in [2.24, 2.45) is 10.8 Å². The van der Waals surface area contributed by atoms with Crippen LogP contribution in [0.4, 0.5) is 4.79 Å². The first-order valence-corrected chi connectivity index (χ1v) is 4.07. The molecule has 0 aliphatic heterocycles. The molecule has 1 aromatic rings. The second-order valence-electron chi connectivity index (χ2n) is 2.01. The summed E-state index contributed by atoms with van der Waals surface area (Å²) in [5.41, 5.74) is 7.59. The van der Waals surface area contributed by atoms with Crippen LogP contribution in [-0.4, -0.2) is 16.7 Å². The monoisotopic (exact) mass is 184 g/mol. The number of hydrazone groups is 1. The minimum absolute atomic E-state index is 0.642. The molecule has 0 atom stereocenters. The maximum absolute atomic E-state index is 10.3. The summed E-state index contributed by atoms with van der Waals surface area (Å²) in [6, 6.07) is -0.675. The number of urea groups is 1. The molecule has 64 valence electrons. The van der Waals surface area contributed by atoms with Gasteiger partial charge in [-0.2, -0.15) is 5.10 Å². The van der Waals surface area contributed by atoms with Crippen LogP contribution in [0.5, 0.6) is 0 Å². The number of primary amides is 1. The summed E-state index contributed by atoms with van der Waals surface area (Å²) in [6.45, 7) is 1.74. The first-order chi connectivity index (χ1) is 5.70. The van der Waals surface area contributed by atoms with E-state index in [1.165, 1.54) is 11.3 Å². The number of thiazole rings is 1. The molecule has 0 bridgehead atoms. The lowest BCUT2D eigenvalue weighted by Crippen LogP contribution is -2.25. The van der Waals surface area contributed by atoms with Gasteiger partial charge in [0, 0.05) is 11.6 Å². The van der Waals surface area contributed by atoms with Crippen molar-refractivity contribution < 1.29 is 4.79 Å². The summed E-state index contributed by atoms with van der Waals surface area (Å²) in [5, 5.41) is 6.31. The SMILES string of the molecule is C/C(=N/NC(N)=O)c1nccs1. The minimum atomic E-state index is -0.675. The molecule has 3 N–H and O–H groups in total. The van der Waals surface area contributed by atoms with E-state index >= 15 is 0 Å². The number of carbonyl (C=O) groups excluding carboxylic acids is 1. The smallest absolute Gasteiger partial charge is 0.332 e. The molecule has 0 saturated carbocycles. The van der Waals surface area contributed by atoms with Crippen LogP contribution in [0.1, 0.15) is 11.9 Å². The van der Waals surface area contributed by atoms with Gasteiger partial charge in [0.15, 0.2) is 0 Å². The molecule has 0 radical (unpaired) electrons. The predicted molar refractivity (Wildman–Crippen MR) is 47.0 cm³/mol. The first-order valence-electron chi connectivity index (χ1n) is 3.19. The third-order valence-corrected chi connectivity index (χ3v) is 1.96. The van der Waals surface area contributed by atoms with Gasteiger partial charge in [-0.05, 0) is 6.92 Å². The lowest BCUT2D eigenvalue weighted by atomic mass is 10.5. The van der Waals surface area contributed by atoms with Crippen molar-refractivity contribution in [2.75, 3.05) is 0 Å². The average Bonchev–Trinajstić information content (AvgIpc) is 2.51. The normalized spacial score (nSPS) is 11.2. The quantitative estimate of drug-likeness (QED) is 0.519. The molecule has 0 saturated heterocycles. The molecule has 0 fully saturated rings. The lowest BCUT2D eigenvalue weighted by Gasteiger charge is -1.94. The number of nitrogens with one attached hydrogen (secondary N) is 1. The van der Waals surface area contributed by atoms with E-state index < -0.39 is 6.03 Å². The third-order valence-electron chi connectivity index (χ3n) is 1.08. The van der Waals surface area contributed by atoms with Crippen molar-refractivity contribution in [3.8, 4) is 0 Å². The number of amides is 2. The topological polar surface area (TPSA) is 80.4 Å². The van der Waals surface area contributed by atoms with E-state index in [0.29, 0.717) is 5.71 Å². The predicted octanol–water partition coefficient (Wildman–Crippen LogP) is 0.535. The number of carbonyl (C=O) groups is 1. The van der Waals surface area contributed by atoms with Crippen molar-refractivity contribution in [1.29, 1.82) is 0 Å². The fourth-order valence-electron chi connectivity index (χ4n) is 0.589. The number of rotatable bonds is 2. The number of nitrogens with two attached hydrogens (primary N) is 1. The van der Waals surface area contributed by atoms with Crippen molar-refractivity contribution in [3.05, 3.63) is 16.6 Å². The average molecular weight is 184 g/mol. The second kappa shape index (κ2) is 3.82. The van der Waals surface area contributed by atoms with Crippen LogP contribution in [0.15, 0.2) is 16.7 Å². The highest BCUT2D eigenvalue weighted by molar-refractivity contribution is 7.11. The van der Waals surface area contributed by atoms with Gasteiger partial charge in [0.2, 0.25) is 0 Å². The first kappa shape index (κ1) is 8.66. The van der Waals surface area contributed by atoms with E-state index in [4.69, 9.17) is 5.73 Å². The van der Waals surface area contributed by atoms with E-state index in [1.807, 2.05) is 5.38 Å². The minimum Gasteiger partial charge on any atom is -0.350 e. The highest BCUT2D eigenvalue weighted by atomic mass is 32.1. The Kier molecular flexibility index (Phi) is 2.76. The van der Waals surface area contributed by atoms with Gasteiger partial charge in [-0.15, -0.1) is 11.3 Å². The van der Waals surface area contributed by atoms with Crippen LogP contribution >= 0.6 is 11.3 Å². The van der Waals surface area contributed by atoms with Gasteiger partial charge in [-0.3, -0.25) is 0 Å². The van der Waals surface area contributed by atoms with E-state index in [-0.39, 0.29) is 0 Å². The molecule has 0 aliphatic carbocycles. The highest BCUT2D eigenvalue weighted by Crippen LogP contribution is 2.04. The number of nitrogens with zero attached hydrogens (tertiary/aromatic N) is 2. The fraction of sp³-hybridized carbons (Fsp3) is 0.167. The third kappa shape index (κ3) is 2.31. The Morgan fingerprint density at radius 3 is 3.08 bits per heavy atom. The summed E-state index contributed by atoms with van der Waals surface area (Å²) in [5.74, 6) is 0. The van der Waals surface area contributed by atoms with E-state index in [9.17, 15) is 4.79 Å². The number of hydrogen-bond donors (Lipinski definition) is 2. The molecule has 1 heterocycles. The summed E-state index contributed by atoms with van der Waals surface area (Å²) < 4.78 is 0. The van der Waals surface area contributed by atoms with Gasteiger partial charge in [0.25, 0.3) is 0 Å². The maximum Gasteiger partial charge on any atom is 0.332 e. The number of aromatic nitrogens is 1. The van der Waals surface area contributed by atoms with Gasteiger partial charge < -0.3 is 5.73 Å². The standard InChI is InChI=1S/C6H8N4OS/c1-4(9-10-6(7)11)5-8-2-3-12-5/h2-3H,1H3,(H3,7,10,11)/b9-4-. The van der Waals surface area contributed by atoms with Crippen LogP contribution < -0.4 is 11.2 Å². The van der Waals surface area contributed by atoms with Gasteiger partial charge in [-0.25, -0.2) is 15.2 Å². The van der Waals surface area contributed by atoms with Crippen molar-refractivity contribution in [2.45, 2.75) is 6.92 Å². The van der Waals surface area contributed by atoms with E-state index in [0.717, 1.165) is 5.01 Å². The summed E-state index contributed by atoms with van der Waals surface area (Å²) in [4.78, 5) is 14.3. The zero-order valence-electron chi connectivity index (χ0n) is 6.44. The molecule has 0 aliphatic rings. The molecule has 6 heteroatoms. The Morgan fingerprint density at radius 2 is 2.58 bits per heavy atom. The lowest BCUT2D eigenvalue weighted by molar-refractivity contribution is 0.249. The Hall–Kier alpha value is -1.43. The molecule has 0 aromatic carbocycles. The Labute approximate surface area is 73.3 Å². The van der Waals surface area contributed by atoms with E-state index in [2.05, 4.69) is 15.5 Å². The largest absolute Gasteiger partial charge is 0.350 e. The number of hydrogen-bond acceptors (Lipinski definition) is 4. The summed E-state index contributed by atoms with van der Waals surface area (Å²) in [7, 11) is 0. The van der Waals surface area contributed by atoms with Gasteiger partial charge in [0.1, 0.15) is 5.01 Å². The Morgan fingerprint density at radius 1 is 1.83 bits per heavy atom. The molecule has 2 amide bonds. The van der Waals surface area contributed by atoms with Crippen molar-refractivity contribution in [3.63, 3.8) is 0 Å². The van der Waals surface area contributed by atoms with Crippen LogP contribution in [0.2, 0.25) is 0 Å². The van der Waals surface area contributed by atoms with Crippen molar-refractivity contribution in [1.82, 2.24) is 10.4 Å².